The molecule has 148 valence electrons. The lowest BCUT2D eigenvalue weighted by Crippen LogP contribution is -2.43. The Balaban J connectivity index is 1.44. The number of alkyl carbamates (subject to hydrolysis) is 1. The van der Waals surface area contributed by atoms with E-state index < -0.39 is 18.1 Å². The first-order valence-electron chi connectivity index (χ1n) is 9.39. The van der Waals surface area contributed by atoms with Crippen LogP contribution in [0.3, 0.4) is 0 Å². The van der Waals surface area contributed by atoms with E-state index in [-0.39, 0.29) is 18.9 Å². The summed E-state index contributed by atoms with van der Waals surface area (Å²) < 4.78 is 15.5. The molecule has 1 aromatic heterocycles. The molecular formula is C23H21NO5. The number of furan rings is 1. The van der Waals surface area contributed by atoms with Crippen LogP contribution < -0.4 is 5.32 Å². The summed E-state index contributed by atoms with van der Waals surface area (Å²) in [4.78, 5) is 24.4. The maximum Gasteiger partial charge on any atom is 0.407 e. The van der Waals surface area contributed by atoms with Crippen molar-refractivity contribution in [1.29, 1.82) is 0 Å². The van der Waals surface area contributed by atoms with Crippen molar-refractivity contribution in [3.8, 4) is 11.1 Å². The van der Waals surface area contributed by atoms with Gasteiger partial charge in [-0.2, -0.15) is 0 Å². The van der Waals surface area contributed by atoms with Crippen LogP contribution in [0.5, 0.6) is 0 Å². The van der Waals surface area contributed by atoms with Gasteiger partial charge in [0, 0.05) is 12.3 Å². The third-order valence-corrected chi connectivity index (χ3v) is 5.11. The first-order valence-corrected chi connectivity index (χ1v) is 9.39. The fraction of sp³-hybridized carbons (Fsp3) is 0.217. The fourth-order valence-electron chi connectivity index (χ4n) is 3.75. The number of esters is 1. The van der Waals surface area contributed by atoms with Crippen molar-refractivity contribution in [3.63, 3.8) is 0 Å². The summed E-state index contributed by atoms with van der Waals surface area (Å²) in [6, 6.07) is 18.8. The predicted molar refractivity (Wildman–Crippen MR) is 106 cm³/mol. The Kier molecular flexibility index (Phi) is 5.33. The molecule has 1 heterocycles. The molecule has 4 rings (SSSR count). The molecule has 0 saturated heterocycles. The minimum Gasteiger partial charge on any atom is -0.469 e. The molecule has 1 aliphatic carbocycles. The van der Waals surface area contributed by atoms with E-state index in [1.165, 1.54) is 13.4 Å². The Hall–Kier alpha value is -3.54. The Bertz CT molecular complexity index is 966. The number of rotatable bonds is 6. The Morgan fingerprint density at radius 3 is 2.24 bits per heavy atom. The molecule has 0 radical (unpaired) electrons. The van der Waals surface area contributed by atoms with Crippen molar-refractivity contribution in [3.05, 3.63) is 83.8 Å². The van der Waals surface area contributed by atoms with E-state index in [9.17, 15) is 9.59 Å². The van der Waals surface area contributed by atoms with Crippen molar-refractivity contribution in [2.75, 3.05) is 13.7 Å². The van der Waals surface area contributed by atoms with E-state index in [1.807, 2.05) is 24.3 Å². The summed E-state index contributed by atoms with van der Waals surface area (Å²) >= 11 is 0. The van der Waals surface area contributed by atoms with Crippen LogP contribution in [0.1, 0.15) is 22.8 Å². The van der Waals surface area contributed by atoms with Gasteiger partial charge >= 0.3 is 12.1 Å². The summed E-state index contributed by atoms with van der Waals surface area (Å²) in [5, 5.41) is 2.58. The summed E-state index contributed by atoms with van der Waals surface area (Å²) in [6.07, 6.45) is 1.02. The molecule has 1 aliphatic rings. The first-order chi connectivity index (χ1) is 14.2. The van der Waals surface area contributed by atoms with Crippen molar-refractivity contribution in [2.24, 2.45) is 0 Å². The van der Waals surface area contributed by atoms with Crippen molar-refractivity contribution in [2.45, 2.75) is 18.4 Å². The van der Waals surface area contributed by atoms with Gasteiger partial charge in [0.2, 0.25) is 0 Å². The van der Waals surface area contributed by atoms with E-state index in [0.29, 0.717) is 5.76 Å². The molecular weight excluding hydrogens is 370 g/mol. The number of benzene rings is 2. The number of amides is 1. The molecule has 29 heavy (non-hydrogen) atoms. The van der Waals surface area contributed by atoms with E-state index in [0.717, 1.165) is 22.3 Å². The molecule has 0 bridgehead atoms. The highest BCUT2D eigenvalue weighted by Crippen LogP contribution is 2.44. The maximum atomic E-state index is 12.4. The van der Waals surface area contributed by atoms with Crippen LogP contribution in [-0.2, 0) is 20.7 Å². The van der Waals surface area contributed by atoms with Gasteiger partial charge in [0.15, 0.2) is 0 Å². The van der Waals surface area contributed by atoms with Crippen molar-refractivity contribution >= 4 is 12.1 Å². The zero-order chi connectivity index (χ0) is 20.2. The minimum atomic E-state index is -0.887. The lowest BCUT2D eigenvalue weighted by atomic mass is 9.98. The van der Waals surface area contributed by atoms with Crippen LogP contribution in [0, 0.1) is 0 Å². The second kappa shape index (κ2) is 8.22. The molecule has 0 aliphatic heterocycles. The van der Waals surface area contributed by atoms with Crippen molar-refractivity contribution < 1.29 is 23.5 Å². The van der Waals surface area contributed by atoms with Gasteiger partial charge in [-0.3, -0.25) is 0 Å². The van der Waals surface area contributed by atoms with E-state index in [1.54, 1.807) is 12.1 Å². The zero-order valence-electron chi connectivity index (χ0n) is 16.0. The minimum absolute atomic E-state index is 0.0465. The summed E-state index contributed by atoms with van der Waals surface area (Å²) in [5.41, 5.74) is 4.56. The maximum absolute atomic E-state index is 12.4. The van der Waals surface area contributed by atoms with Gasteiger partial charge in [-0.25, -0.2) is 9.59 Å². The largest absolute Gasteiger partial charge is 0.469 e. The number of fused-ring (bicyclic) bond motifs is 3. The number of methoxy groups -OCH3 is 1. The molecule has 0 fully saturated rings. The van der Waals surface area contributed by atoms with Gasteiger partial charge in [-0.15, -0.1) is 0 Å². The zero-order valence-corrected chi connectivity index (χ0v) is 16.0. The molecule has 6 heteroatoms. The number of carbonyl (C=O) groups is 2. The highest BCUT2D eigenvalue weighted by atomic mass is 16.6. The van der Waals surface area contributed by atoms with Crippen LogP contribution in [0.15, 0.2) is 71.3 Å². The lowest BCUT2D eigenvalue weighted by molar-refractivity contribution is -0.143. The summed E-state index contributed by atoms with van der Waals surface area (Å²) in [5.74, 6) is -0.0379. The van der Waals surface area contributed by atoms with Crippen LogP contribution in [0.25, 0.3) is 11.1 Å². The molecule has 1 amide bonds. The first kappa shape index (κ1) is 18.8. The monoisotopic (exact) mass is 391 g/mol. The van der Waals surface area contributed by atoms with Gasteiger partial charge in [0.05, 0.1) is 13.4 Å². The normalized spacial score (nSPS) is 13.3. The highest BCUT2D eigenvalue weighted by Gasteiger charge is 2.30. The number of carbonyl (C=O) groups excluding carboxylic acids is 2. The second-order valence-electron chi connectivity index (χ2n) is 6.83. The summed E-state index contributed by atoms with van der Waals surface area (Å²) in [7, 11) is 1.27. The second-order valence-corrected chi connectivity index (χ2v) is 6.83. The van der Waals surface area contributed by atoms with Crippen LogP contribution in [0.4, 0.5) is 4.79 Å². The fourth-order valence-corrected chi connectivity index (χ4v) is 3.75. The van der Waals surface area contributed by atoms with Gasteiger partial charge in [0.1, 0.15) is 18.4 Å². The van der Waals surface area contributed by atoms with Gasteiger partial charge < -0.3 is 19.2 Å². The lowest BCUT2D eigenvalue weighted by Gasteiger charge is -2.18. The third-order valence-electron chi connectivity index (χ3n) is 5.11. The predicted octanol–water partition coefficient (Wildman–Crippen LogP) is 3.90. The molecule has 3 aromatic rings. The number of nitrogens with one attached hydrogen (secondary N) is 1. The standard InChI is InChI=1S/C23H21NO5/c1-27-22(25)21(13-15-7-6-12-28-15)24-23(26)29-14-20-18-10-4-2-8-16(18)17-9-3-5-11-19(17)20/h2-12,20-21H,13-14H2,1H3,(H,24,26)/t21-/m1/s1. The molecule has 0 unspecified atom stereocenters. The molecule has 0 saturated carbocycles. The topological polar surface area (TPSA) is 77.8 Å². The van der Waals surface area contributed by atoms with E-state index in [4.69, 9.17) is 13.9 Å². The SMILES string of the molecule is COC(=O)[C@@H](Cc1ccco1)NC(=O)OCC1c2ccccc2-c2ccccc21. The van der Waals surface area contributed by atoms with Crippen LogP contribution in [-0.4, -0.2) is 31.8 Å². The number of ether oxygens (including phenoxy) is 2. The number of hydrogen-bond donors (Lipinski definition) is 1. The molecule has 6 nitrogen and oxygen atoms in total. The van der Waals surface area contributed by atoms with Crippen molar-refractivity contribution in [1.82, 2.24) is 5.32 Å². The van der Waals surface area contributed by atoms with Crippen LogP contribution >= 0.6 is 0 Å². The average Bonchev–Trinajstić information content (AvgIpc) is 3.37. The molecule has 2 aromatic carbocycles. The molecule has 0 spiro atoms. The van der Waals surface area contributed by atoms with E-state index in [2.05, 4.69) is 29.6 Å². The van der Waals surface area contributed by atoms with E-state index >= 15 is 0 Å². The van der Waals surface area contributed by atoms with Gasteiger partial charge in [0.25, 0.3) is 0 Å². The average molecular weight is 391 g/mol. The Morgan fingerprint density at radius 2 is 1.66 bits per heavy atom. The highest BCUT2D eigenvalue weighted by molar-refractivity contribution is 5.82. The van der Waals surface area contributed by atoms with Gasteiger partial charge in [-0.1, -0.05) is 48.5 Å². The Labute approximate surface area is 168 Å². The third kappa shape index (κ3) is 3.87. The quantitative estimate of drug-likeness (QED) is 0.645. The number of hydrogen-bond acceptors (Lipinski definition) is 5. The smallest absolute Gasteiger partial charge is 0.407 e. The molecule has 1 N–H and O–H groups in total. The summed E-state index contributed by atoms with van der Waals surface area (Å²) in [6.45, 7) is 0.175. The van der Waals surface area contributed by atoms with Crippen LogP contribution in [0.2, 0.25) is 0 Å². The Morgan fingerprint density at radius 1 is 1.00 bits per heavy atom. The molecule has 1 atom stereocenters. The van der Waals surface area contributed by atoms with Gasteiger partial charge in [-0.05, 0) is 34.4 Å².